The second-order valence-electron chi connectivity index (χ2n) is 4.03. The van der Waals surface area contributed by atoms with Crippen LogP contribution in [-0.4, -0.2) is 29.9 Å². The summed E-state index contributed by atoms with van der Waals surface area (Å²) < 4.78 is 12.4. The van der Waals surface area contributed by atoms with Crippen molar-refractivity contribution in [2.24, 2.45) is 5.92 Å². The van der Waals surface area contributed by atoms with Crippen molar-refractivity contribution in [1.82, 2.24) is 4.90 Å². The maximum absolute atomic E-state index is 12.4. The summed E-state index contributed by atoms with van der Waals surface area (Å²) in [5, 5.41) is 0. The molecule has 1 aromatic rings. The summed E-state index contributed by atoms with van der Waals surface area (Å²) in [6.07, 6.45) is 0. The number of halogens is 1. The minimum absolute atomic E-state index is 0.142. The molecule has 0 N–H and O–H groups in total. The van der Waals surface area contributed by atoms with E-state index in [9.17, 15) is 14.0 Å². The van der Waals surface area contributed by atoms with Crippen LogP contribution in [0.1, 0.15) is 27.6 Å². The molecule has 0 saturated carbocycles. The molecule has 0 aromatic heterocycles. The second kappa shape index (κ2) is 4.04. The first kappa shape index (κ1) is 10.8. The number of rotatable bonds is 3. The Hall–Kier alpha value is -1.71. The predicted molar refractivity (Wildman–Crippen MR) is 56.9 cm³/mol. The van der Waals surface area contributed by atoms with Gasteiger partial charge in [-0.2, -0.15) is 0 Å². The summed E-state index contributed by atoms with van der Waals surface area (Å²) in [5.41, 5.74) is 0.831. The van der Waals surface area contributed by atoms with E-state index in [-0.39, 0.29) is 24.3 Å². The summed E-state index contributed by atoms with van der Waals surface area (Å²) in [6, 6.07) is 6.67. The van der Waals surface area contributed by atoms with E-state index in [1.807, 2.05) is 0 Å². The smallest absolute Gasteiger partial charge is 0.261 e. The van der Waals surface area contributed by atoms with E-state index in [0.717, 1.165) is 4.90 Å². The number of carbonyl (C=O) groups excluding carboxylic acids is 2. The Labute approximate surface area is 92.9 Å². The van der Waals surface area contributed by atoms with Gasteiger partial charge in [-0.3, -0.25) is 18.9 Å². The number of fused-ring (bicyclic) bond motifs is 1. The molecule has 1 atom stereocenters. The molecule has 1 heterocycles. The van der Waals surface area contributed by atoms with E-state index in [4.69, 9.17) is 0 Å². The highest BCUT2D eigenvalue weighted by molar-refractivity contribution is 6.21. The fraction of sp³-hybridized carbons (Fsp3) is 0.333. The molecule has 0 bridgehead atoms. The molecule has 2 amide bonds. The lowest BCUT2D eigenvalue weighted by molar-refractivity contribution is 0.0626. The van der Waals surface area contributed by atoms with Gasteiger partial charge < -0.3 is 0 Å². The number of carbonyl (C=O) groups is 2. The van der Waals surface area contributed by atoms with Crippen LogP contribution in [0.15, 0.2) is 24.3 Å². The van der Waals surface area contributed by atoms with Crippen LogP contribution in [-0.2, 0) is 0 Å². The summed E-state index contributed by atoms with van der Waals surface area (Å²) in [5.74, 6) is -0.955. The molecule has 3 nitrogen and oxygen atoms in total. The Morgan fingerprint density at radius 3 is 2.12 bits per heavy atom. The average Bonchev–Trinajstić information content (AvgIpc) is 2.55. The summed E-state index contributed by atoms with van der Waals surface area (Å²) >= 11 is 0. The number of benzene rings is 1. The zero-order chi connectivity index (χ0) is 11.7. The zero-order valence-electron chi connectivity index (χ0n) is 8.94. The number of nitrogens with zero attached hydrogens (tertiary/aromatic N) is 1. The van der Waals surface area contributed by atoms with Gasteiger partial charge in [-0.15, -0.1) is 0 Å². The van der Waals surface area contributed by atoms with Gasteiger partial charge >= 0.3 is 0 Å². The summed E-state index contributed by atoms with van der Waals surface area (Å²) in [6.45, 7) is 1.28. The minimum atomic E-state index is -0.534. The first-order valence-corrected chi connectivity index (χ1v) is 5.16. The van der Waals surface area contributed by atoms with E-state index in [2.05, 4.69) is 0 Å². The quantitative estimate of drug-likeness (QED) is 0.731. The Balaban J connectivity index is 2.28. The van der Waals surface area contributed by atoms with Crippen LogP contribution in [0.2, 0.25) is 0 Å². The van der Waals surface area contributed by atoms with Crippen LogP contribution in [0.3, 0.4) is 0 Å². The maximum Gasteiger partial charge on any atom is 0.261 e. The van der Waals surface area contributed by atoms with Crippen LogP contribution < -0.4 is 0 Å². The molecule has 0 spiro atoms. The first-order valence-electron chi connectivity index (χ1n) is 5.16. The molecule has 2 rings (SSSR count). The lowest BCUT2D eigenvalue weighted by Gasteiger charge is -2.16. The number of hydrogen-bond donors (Lipinski definition) is 0. The normalized spacial score (nSPS) is 16.5. The highest BCUT2D eigenvalue weighted by atomic mass is 19.1. The number of hydrogen-bond acceptors (Lipinski definition) is 2. The molecule has 1 aromatic carbocycles. The molecular formula is C12H12FNO2. The van der Waals surface area contributed by atoms with Gasteiger partial charge in [0.25, 0.3) is 11.8 Å². The van der Waals surface area contributed by atoms with Gasteiger partial charge in [0.2, 0.25) is 0 Å². The van der Waals surface area contributed by atoms with Gasteiger partial charge in [-0.1, -0.05) is 19.1 Å². The Kier molecular flexibility index (Phi) is 2.73. The predicted octanol–water partition coefficient (Wildman–Crippen LogP) is 1.89. The monoisotopic (exact) mass is 221 g/mol. The highest BCUT2D eigenvalue weighted by Gasteiger charge is 2.35. The van der Waals surface area contributed by atoms with E-state index < -0.39 is 6.67 Å². The van der Waals surface area contributed by atoms with E-state index in [0.29, 0.717) is 11.1 Å². The van der Waals surface area contributed by atoms with Crippen molar-refractivity contribution in [2.75, 3.05) is 13.2 Å². The van der Waals surface area contributed by atoms with Crippen molar-refractivity contribution in [1.29, 1.82) is 0 Å². The summed E-state index contributed by atoms with van der Waals surface area (Å²) in [7, 11) is 0. The highest BCUT2D eigenvalue weighted by Crippen LogP contribution is 2.23. The van der Waals surface area contributed by atoms with Crippen LogP contribution in [0.4, 0.5) is 4.39 Å². The van der Waals surface area contributed by atoms with E-state index >= 15 is 0 Å². The molecule has 4 heteroatoms. The molecular weight excluding hydrogens is 209 g/mol. The van der Waals surface area contributed by atoms with Crippen LogP contribution >= 0.6 is 0 Å². The molecule has 0 radical (unpaired) electrons. The third kappa shape index (κ3) is 1.60. The molecule has 0 saturated heterocycles. The number of imide groups is 1. The van der Waals surface area contributed by atoms with Gasteiger partial charge in [0.15, 0.2) is 0 Å². The minimum Gasteiger partial charge on any atom is -0.274 e. The van der Waals surface area contributed by atoms with Crippen molar-refractivity contribution in [3.8, 4) is 0 Å². The molecule has 16 heavy (non-hydrogen) atoms. The Bertz CT molecular complexity index is 409. The van der Waals surface area contributed by atoms with Crippen LogP contribution in [0.5, 0.6) is 0 Å². The van der Waals surface area contributed by atoms with Gasteiger partial charge in [0.05, 0.1) is 17.8 Å². The van der Waals surface area contributed by atoms with E-state index in [1.165, 1.54) is 0 Å². The maximum atomic E-state index is 12.4. The van der Waals surface area contributed by atoms with Crippen molar-refractivity contribution < 1.29 is 14.0 Å². The van der Waals surface area contributed by atoms with Gasteiger partial charge in [-0.25, -0.2) is 0 Å². The number of alkyl halides is 1. The SMILES string of the molecule is C[C@@H](CF)CN1C(=O)c2ccccc2C1=O. The van der Waals surface area contributed by atoms with E-state index in [1.54, 1.807) is 31.2 Å². The van der Waals surface area contributed by atoms with Crippen LogP contribution in [0.25, 0.3) is 0 Å². The topological polar surface area (TPSA) is 37.4 Å². The molecule has 0 fully saturated rings. The van der Waals surface area contributed by atoms with Crippen molar-refractivity contribution in [2.45, 2.75) is 6.92 Å². The largest absolute Gasteiger partial charge is 0.274 e. The standard InChI is InChI=1S/C12H12FNO2/c1-8(6-13)7-14-11(15)9-4-2-3-5-10(9)12(14)16/h2-5,8H,6-7H2,1H3/t8-/m0/s1. The molecule has 0 aliphatic carbocycles. The zero-order valence-corrected chi connectivity index (χ0v) is 8.94. The molecule has 0 unspecified atom stereocenters. The first-order chi connectivity index (χ1) is 7.65. The molecule has 1 aliphatic rings. The second-order valence-corrected chi connectivity index (χ2v) is 4.03. The average molecular weight is 221 g/mol. The van der Waals surface area contributed by atoms with Gasteiger partial charge in [0, 0.05) is 12.5 Å². The lowest BCUT2D eigenvalue weighted by Crippen LogP contribution is -2.34. The van der Waals surface area contributed by atoms with Gasteiger partial charge in [0.1, 0.15) is 0 Å². The summed E-state index contributed by atoms with van der Waals surface area (Å²) in [4.78, 5) is 24.8. The van der Waals surface area contributed by atoms with Crippen molar-refractivity contribution >= 4 is 11.8 Å². The lowest BCUT2D eigenvalue weighted by atomic mass is 10.1. The van der Waals surface area contributed by atoms with Gasteiger partial charge in [-0.05, 0) is 12.1 Å². The van der Waals surface area contributed by atoms with Crippen LogP contribution in [0, 0.1) is 5.92 Å². The Morgan fingerprint density at radius 2 is 1.69 bits per heavy atom. The molecule has 1 aliphatic heterocycles. The molecule has 84 valence electrons. The fourth-order valence-electron chi connectivity index (χ4n) is 1.77. The fourth-order valence-corrected chi connectivity index (χ4v) is 1.77. The third-order valence-electron chi connectivity index (χ3n) is 2.64. The van der Waals surface area contributed by atoms with Crippen molar-refractivity contribution in [3.63, 3.8) is 0 Å². The Morgan fingerprint density at radius 1 is 1.19 bits per heavy atom. The third-order valence-corrected chi connectivity index (χ3v) is 2.64. The number of amides is 2. The van der Waals surface area contributed by atoms with Crippen molar-refractivity contribution in [3.05, 3.63) is 35.4 Å².